The van der Waals surface area contributed by atoms with Crippen LogP contribution in [0.5, 0.6) is 46.0 Å². The van der Waals surface area contributed by atoms with Crippen molar-refractivity contribution < 1.29 is 48.2 Å². The zero-order chi connectivity index (χ0) is 44.8. The number of benzene rings is 4. The molecule has 0 amide bonds. The number of carbonyl (C=O) groups is 2. The molecule has 14 heteroatoms. The number of phenols is 2. The first-order valence-corrected chi connectivity index (χ1v) is 21.0. The minimum atomic E-state index is -0.526. The van der Waals surface area contributed by atoms with Crippen LogP contribution in [0, 0.1) is 0 Å². The van der Waals surface area contributed by atoms with Crippen LogP contribution >= 0.6 is 0 Å². The lowest BCUT2D eigenvalue weighted by Crippen LogP contribution is -2.35. The van der Waals surface area contributed by atoms with E-state index in [1.165, 1.54) is 37.7 Å². The van der Waals surface area contributed by atoms with Crippen LogP contribution in [0.3, 0.4) is 0 Å². The van der Waals surface area contributed by atoms with E-state index >= 15 is 0 Å². The summed E-state index contributed by atoms with van der Waals surface area (Å²) in [6, 6.07) is 18.0. The number of likely N-dealkylation sites (N-methyl/N-ethyl adjacent to an activating group) is 2. The van der Waals surface area contributed by atoms with Crippen LogP contribution in [-0.2, 0) is 25.7 Å². The molecule has 2 unspecified atom stereocenters. The molecule has 328 valence electrons. The monoisotopic (exact) mass is 864 g/mol. The Hall–Kier alpha value is -7.16. The molecule has 2 atom stereocenters. The van der Waals surface area contributed by atoms with Gasteiger partial charge in [-0.25, -0.2) is 9.59 Å². The van der Waals surface area contributed by atoms with Gasteiger partial charge < -0.3 is 38.6 Å². The van der Waals surface area contributed by atoms with Crippen molar-refractivity contribution in [1.29, 1.82) is 0 Å². The molecule has 10 rings (SSSR count). The molecule has 6 aromatic rings. The summed E-state index contributed by atoms with van der Waals surface area (Å²) in [6.07, 6.45) is 9.34. The molecule has 2 aliphatic heterocycles. The normalized spacial score (nSPS) is 16.7. The molecule has 2 N–H and O–H groups in total. The number of rotatable bonds is 8. The number of pyridine rings is 2. The highest BCUT2D eigenvalue weighted by Gasteiger charge is 2.39. The number of hydrogen-bond acceptors (Lipinski definition) is 14. The molecule has 0 bridgehead atoms. The number of esters is 2. The maximum Gasteiger partial charge on any atom is 0.345 e. The third-order valence-electron chi connectivity index (χ3n) is 12.7. The predicted molar refractivity (Wildman–Crippen MR) is 237 cm³/mol. The van der Waals surface area contributed by atoms with Crippen molar-refractivity contribution in [1.82, 2.24) is 19.8 Å². The van der Waals surface area contributed by atoms with E-state index in [1.54, 1.807) is 56.9 Å². The first-order chi connectivity index (χ1) is 31.0. The second-order valence-electron chi connectivity index (χ2n) is 16.2. The van der Waals surface area contributed by atoms with E-state index in [0.717, 1.165) is 76.9 Å². The number of nitrogens with zero attached hydrogens (tertiary/aromatic N) is 4. The summed E-state index contributed by atoms with van der Waals surface area (Å²) in [5.41, 5.74) is 10.9. The highest BCUT2D eigenvalue weighted by molar-refractivity contribution is 5.94. The number of ether oxygens (including phenoxy) is 6. The third-order valence-corrected chi connectivity index (χ3v) is 12.7. The number of phenolic OH excluding ortho intramolecular Hbond substituents is 2. The van der Waals surface area contributed by atoms with Crippen LogP contribution in [-0.4, -0.2) is 97.5 Å². The number of fused-ring (bicyclic) bond motifs is 4. The minimum absolute atomic E-state index is 0.0681. The van der Waals surface area contributed by atoms with Crippen LogP contribution in [0.1, 0.15) is 66.2 Å². The van der Waals surface area contributed by atoms with Gasteiger partial charge >= 0.3 is 11.9 Å². The van der Waals surface area contributed by atoms with Gasteiger partial charge in [-0.2, -0.15) is 0 Å². The number of hydrogen-bond donors (Lipinski definition) is 2. The van der Waals surface area contributed by atoms with Crippen molar-refractivity contribution in [3.63, 3.8) is 0 Å². The first kappa shape index (κ1) is 42.2. The summed E-state index contributed by atoms with van der Waals surface area (Å²) >= 11 is 0. The summed E-state index contributed by atoms with van der Waals surface area (Å²) in [6.45, 7) is 1.79. The number of carbonyl (C=O) groups excluding carboxylic acids is 2. The maximum absolute atomic E-state index is 13.0. The highest BCUT2D eigenvalue weighted by Crippen LogP contribution is 2.55. The molecule has 4 aliphatic rings. The molecule has 14 nitrogen and oxygen atoms in total. The molecular weight excluding hydrogens is 817 g/mol. The summed E-state index contributed by atoms with van der Waals surface area (Å²) < 4.78 is 34.1. The Morgan fingerprint density at radius 2 is 1.06 bits per heavy atom. The molecule has 0 spiro atoms. The third kappa shape index (κ3) is 7.37. The Bertz CT molecular complexity index is 2800. The molecule has 0 radical (unpaired) electrons. The van der Waals surface area contributed by atoms with Crippen LogP contribution in [0.4, 0.5) is 0 Å². The van der Waals surface area contributed by atoms with Crippen molar-refractivity contribution in [2.75, 3.05) is 55.6 Å². The molecule has 4 heterocycles. The highest BCUT2D eigenvalue weighted by atomic mass is 16.6. The van der Waals surface area contributed by atoms with E-state index in [-0.39, 0.29) is 23.6 Å². The Labute approximate surface area is 370 Å². The average Bonchev–Trinajstić information content (AvgIpc) is 3.31. The first-order valence-electron chi connectivity index (χ1n) is 21.0. The van der Waals surface area contributed by atoms with Gasteiger partial charge in [0.05, 0.1) is 39.6 Å². The SMILES string of the molecule is COc1cc2c(cc1O)CC1c3c(cc(O)c(OC)c3-2)CCN1C.COc1cc2c(cc1OC(=O)c1cccnc1)CC1c3c(cc(OC(=O)c4cccnc4)c(OC)c3-2)CCN1C. The molecule has 2 aliphatic carbocycles. The molecule has 64 heavy (non-hydrogen) atoms. The zero-order valence-electron chi connectivity index (χ0n) is 36.4. The summed E-state index contributed by atoms with van der Waals surface area (Å²) in [5, 5.41) is 20.6. The van der Waals surface area contributed by atoms with Gasteiger partial charge in [-0.1, -0.05) is 0 Å². The van der Waals surface area contributed by atoms with Gasteiger partial charge in [-0.15, -0.1) is 0 Å². The van der Waals surface area contributed by atoms with Crippen LogP contribution in [0.2, 0.25) is 0 Å². The molecular formula is C50H48N4O10. The largest absolute Gasteiger partial charge is 0.504 e. The maximum atomic E-state index is 13.0. The number of aromatic hydroxyl groups is 2. The standard InChI is InChI=1S/C31H27N3O6.C19H21NO4/c1-34-11-8-18-13-26(40-31(36)20-7-5-10-33-17-20)29(38-3)28-22-15-24(37-2)25(14-21(22)12-23(34)27(18)28)39-30(35)19-6-4-9-32-16-19;1-20-5-4-10-7-15(22)19(24-3)18-12-9-16(23-2)14(21)8-11(12)6-13(20)17(10)18/h4-7,9-10,13-17,23H,8,11-12H2,1-3H3;7-9,13,21-22H,4-6H2,1-3H3. The van der Waals surface area contributed by atoms with E-state index in [9.17, 15) is 19.8 Å². The second-order valence-corrected chi connectivity index (χ2v) is 16.2. The van der Waals surface area contributed by atoms with Crippen molar-refractivity contribution in [3.8, 4) is 68.2 Å². The Morgan fingerprint density at radius 1 is 0.578 bits per heavy atom. The van der Waals surface area contributed by atoms with E-state index in [4.69, 9.17) is 28.4 Å². The Balaban J connectivity index is 0.000000184. The topological polar surface area (TPSA) is 162 Å². The van der Waals surface area contributed by atoms with Crippen molar-refractivity contribution in [3.05, 3.63) is 130 Å². The molecule has 0 saturated carbocycles. The van der Waals surface area contributed by atoms with Gasteiger partial charge in [0, 0.05) is 61.1 Å². The fourth-order valence-electron chi connectivity index (χ4n) is 9.60. The van der Waals surface area contributed by atoms with Crippen LogP contribution in [0.15, 0.2) is 85.5 Å². The van der Waals surface area contributed by atoms with Crippen molar-refractivity contribution in [2.45, 2.75) is 37.8 Å². The quantitative estimate of drug-likeness (QED) is 0.114. The minimum Gasteiger partial charge on any atom is -0.504 e. The van der Waals surface area contributed by atoms with Crippen molar-refractivity contribution in [2.24, 2.45) is 0 Å². The lowest BCUT2D eigenvalue weighted by Gasteiger charge is -2.40. The second kappa shape index (κ2) is 17.2. The van der Waals surface area contributed by atoms with Crippen LogP contribution in [0.25, 0.3) is 22.3 Å². The lowest BCUT2D eigenvalue weighted by atomic mass is 9.76. The van der Waals surface area contributed by atoms with E-state index in [0.29, 0.717) is 52.0 Å². The summed E-state index contributed by atoms with van der Waals surface area (Å²) in [4.78, 5) is 38.5. The Kier molecular flexibility index (Phi) is 11.3. The fourth-order valence-corrected chi connectivity index (χ4v) is 9.60. The number of methoxy groups -OCH3 is 4. The van der Waals surface area contributed by atoms with Gasteiger partial charge in [-0.3, -0.25) is 19.8 Å². The van der Waals surface area contributed by atoms with Gasteiger partial charge in [0.15, 0.2) is 46.0 Å². The average molecular weight is 865 g/mol. The zero-order valence-corrected chi connectivity index (χ0v) is 36.4. The van der Waals surface area contributed by atoms with E-state index in [1.807, 2.05) is 30.3 Å². The van der Waals surface area contributed by atoms with Gasteiger partial charge in [0.25, 0.3) is 0 Å². The van der Waals surface area contributed by atoms with Gasteiger partial charge in [0.1, 0.15) is 0 Å². The Morgan fingerprint density at radius 3 is 1.59 bits per heavy atom. The van der Waals surface area contributed by atoms with Crippen molar-refractivity contribution >= 4 is 11.9 Å². The van der Waals surface area contributed by atoms with E-state index < -0.39 is 11.9 Å². The van der Waals surface area contributed by atoms with Gasteiger partial charge in [-0.05, 0) is 145 Å². The molecule has 0 saturated heterocycles. The smallest absolute Gasteiger partial charge is 0.345 e. The molecule has 0 fully saturated rings. The molecule has 4 aromatic carbocycles. The van der Waals surface area contributed by atoms with Gasteiger partial charge in [0.2, 0.25) is 0 Å². The predicted octanol–water partition coefficient (Wildman–Crippen LogP) is 7.55. The summed E-state index contributed by atoms with van der Waals surface area (Å²) in [7, 11) is 10.4. The molecule has 2 aromatic heterocycles. The van der Waals surface area contributed by atoms with Crippen LogP contribution < -0.4 is 28.4 Å². The lowest BCUT2D eigenvalue weighted by molar-refractivity contribution is 0.0720. The summed E-state index contributed by atoms with van der Waals surface area (Å²) in [5.74, 6) is 1.68. The number of aromatic nitrogens is 2. The van der Waals surface area contributed by atoms with E-state index in [2.05, 4.69) is 33.9 Å². The fraction of sp³-hybridized carbons (Fsp3) is 0.280.